The molecule has 1 aromatic heterocycles. The van der Waals surface area contributed by atoms with Crippen LogP contribution in [-0.4, -0.2) is 70.3 Å². The Kier molecular flexibility index (Phi) is 8.35. The van der Waals surface area contributed by atoms with Crippen LogP contribution in [0.25, 0.3) is 0 Å². The van der Waals surface area contributed by atoms with Crippen LogP contribution in [0, 0.1) is 0 Å². The Balaban J connectivity index is 1.24. The summed E-state index contributed by atoms with van der Waals surface area (Å²) in [6.07, 6.45) is -3.02. The zero-order valence-electron chi connectivity index (χ0n) is 19.0. The Morgan fingerprint density at radius 1 is 1.00 bits per heavy atom. The summed E-state index contributed by atoms with van der Waals surface area (Å²) in [6.45, 7) is 1.85. The molecule has 3 N–H and O–H groups in total. The van der Waals surface area contributed by atoms with Crippen molar-refractivity contribution in [2.45, 2.75) is 25.2 Å². The molecule has 0 bridgehead atoms. The highest BCUT2D eigenvalue weighted by Crippen LogP contribution is 2.26. The zero-order valence-corrected chi connectivity index (χ0v) is 20.6. The molecule has 0 saturated carbocycles. The van der Waals surface area contributed by atoms with Crippen LogP contribution >= 0.6 is 22.9 Å². The molecule has 1 aliphatic heterocycles. The number of aromatic nitrogens is 1. The number of aliphatic hydroxyl groups is 2. The Morgan fingerprint density at radius 2 is 1.69 bits per heavy atom. The number of carbonyl (C=O) groups excluding carboxylic acids is 2. The Hall–Kier alpha value is -2.98. The van der Waals surface area contributed by atoms with E-state index in [2.05, 4.69) is 15.2 Å². The molecule has 1 unspecified atom stereocenters. The number of piperazine rings is 1. The lowest BCUT2D eigenvalue weighted by atomic mass is 10.1. The van der Waals surface area contributed by atoms with Crippen molar-refractivity contribution in [2.75, 3.05) is 31.1 Å². The smallest absolute Gasteiger partial charge is 0.254 e. The van der Waals surface area contributed by atoms with E-state index < -0.39 is 24.0 Å². The predicted molar refractivity (Wildman–Crippen MR) is 135 cm³/mol. The third-order valence-electron chi connectivity index (χ3n) is 5.85. The van der Waals surface area contributed by atoms with E-state index in [9.17, 15) is 19.8 Å². The van der Waals surface area contributed by atoms with Crippen LogP contribution in [0.1, 0.15) is 16.3 Å². The van der Waals surface area contributed by atoms with E-state index in [0.29, 0.717) is 42.6 Å². The molecule has 3 aromatic rings. The first-order chi connectivity index (χ1) is 16.9. The van der Waals surface area contributed by atoms with E-state index in [0.717, 1.165) is 16.9 Å². The van der Waals surface area contributed by atoms with Gasteiger partial charge in [-0.1, -0.05) is 54.1 Å². The third kappa shape index (κ3) is 6.37. The minimum Gasteiger partial charge on any atom is -0.380 e. The predicted octanol–water partition coefficient (Wildman–Crippen LogP) is 2.07. The van der Waals surface area contributed by atoms with Gasteiger partial charge in [0.05, 0.1) is 22.9 Å². The highest BCUT2D eigenvalue weighted by atomic mass is 35.5. The number of anilines is 1. The number of nitrogens with one attached hydrogen (secondary N) is 1. The van der Waals surface area contributed by atoms with Crippen LogP contribution < -0.4 is 10.2 Å². The standard InChI is InChI=1S/C25H27ClN4O4S/c26-19-8-4-5-9-20(19)29-10-12-30(13-11-29)25(34)23(32)22(31)24(33)27-15-21-28-18(16-35-21)14-17-6-2-1-3-7-17/h1-9,16,22-23,31-32H,10-15H2,(H,27,33)/t22?,23-/m1/s1. The summed E-state index contributed by atoms with van der Waals surface area (Å²) < 4.78 is 0. The maximum Gasteiger partial charge on any atom is 0.254 e. The van der Waals surface area contributed by atoms with E-state index in [4.69, 9.17) is 11.6 Å². The van der Waals surface area contributed by atoms with Gasteiger partial charge in [0.2, 0.25) is 0 Å². The second kappa shape index (κ2) is 11.6. The first kappa shape index (κ1) is 25.1. The SMILES string of the molecule is O=C(NCc1nc(Cc2ccccc2)cs1)C(O)[C@@H](O)C(=O)N1CCN(c2ccccc2Cl)CC1. The van der Waals surface area contributed by atoms with Crippen molar-refractivity contribution in [1.29, 1.82) is 0 Å². The normalized spacial score (nSPS) is 15.5. The lowest BCUT2D eigenvalue weighted by Gasteiger charge is -2.37. The van der Waals surface area contributed by atoms with Gasteiger partial charge in [0.1, 0.15) is 5.01 Å². The number of halogens is 1. The minimum atomic E-state index is -1.87. The van der Waals surface area contributed by atoms with Crippen LogP contribution in [0.4, 0.5) is 5.69 Å². The Labute approximate surface area is 212 Å². The van der Waals surface area contributed by atoms with Gasteiger partial charge in [0, 0.05) is 38.0 Å². The zero-order chi connectivity index (χ0) is 24.8. The van der Waals surface area contributed by atoms with Crippen LogP contribution in [0.3, 0.4) is 0 Å². The van der Waals surface area contributed by atoms with Crippen molar-refractivity contribution in [3.63, 3.8) is 0 Å². The van der Waals surface area contributed by atoms with Crippen molar-refractivity contribution >= 4 is 40.4 Å². The molecule has 1 aliphatic rings. The Bertz CT molecular complexity index is 1150. The molecule has 1 saturated heterocycles. The summed E-state index contributed by atoms with van der Waals surface area (Å²) in [5, 5.41) is 26.4. The summed E-state index contributed by atoms with van der Waals surface area (Å²) in [6, 6.07) is 17.4. The van der Waals surface area contributed by atoms with Gasteiger partial charge in [-0.3, -0.25) is 9.59 Å². The second-order valence-electron chi connectivity index (χ2n) is 8.27. The number of thiazole rings is 1. The molecular formula is C25H27ClN4O4S. The number of para-hydroxylation sites is 1. The van der Waals surface area contributed by atoms with Gasteiger partial charge in [-0.15, -0.1) is 11.3 Å². The second-order valence-corrected chi connectivity index (χ2v) is 9.62. The lowest BCUT2D eigenvalue weighted by Crippen LogP contribution is -2.55. The average molecular weight is 515 g/mol. The highest BCUT2D eigenvalue weighted by Gasteiger charge is 2.34. The molecule has 4 rings (SSSR count). The minimum absolute atomic E-state index is 0.104. The summed E-state index contributed by atoms with van der Waals surface area (Å²) in [4.78, 5) is 33.1. The summed E-state index contributed by atoms with van der Waals surface area (Å²) in [7, 11) is 0. The summed E-state index contributed by atoms with van der Waals surface area (Å²) in [5.41, 5.74) is 2.91. The quantitative estimate of drug-likeness (QED) is 0.425. The van der Waals surface area contributed by atoms with Gasteiger partial charge in [-0.2, -0.15) is 0 Å². The van der Waals surface area contributed by atoms with Gasteiger partial charge in [-0.05, 0) is 17.7 Å². The first-order valence-electron chi connectivity index (χ1n) is 11.3. The molecular weight excluding hydrogens is 488 g/mol. The fourth-order valence-corrected chi connectivity index (χ4v) is 4.91. The molecule has 2 amide bonds. The number of carbonyl (C=O) groups is 2. The van der Waals surface area contributed by atoms with Crippen molar-refractivity contribution < 1.29 is 19.8 Å². The fraction of sp³-hybridized carbons (Fsp3) is 0.320. The molecule has 2 aromatic carbocycles. The molecule has 8 nitrogen and oxygen atoms in total. The third-order valence-corrected chi connectivity index (χ3v) is 7.06. The number of hydrogen-bond donors (Lipinski definition) is 3. The van der Waals surface area contributed by atoms with Gasteiger partial charge in [0.15, 0.2) is 12.2 Å². The van der Waals surface area contributed by atoms with Crippen LogP contribution in [-0.2, 0) is 22.6 Å². The molecule has 0 radical (unpaired) electrons. The number of rotatable bonds is 8. The van der Waals surface area contributed by atoms with E-state index in [-0.39, 0.29) is 6.54 Å². The number of amides is 2. The largest absolute Gasteiger partial charge is 0.380 e. The van der Waals surface area contributed by atoms with Crippen LogP contribution in [0.15, 0.2) is 60.0 Å². The lowest BCUT2D eigenvalue weighted by molar-refractivity contribution is -0.153. The van der Waals surface area contributed by atoms with Crippen LogP contribution in [0.2, 0.25) is 5.02 Å². The molecule has 1 fully saturated rings. The van der Waals surface area contributed by atoms with Crippen molar-refractivity contribution in [3.05, 3.63) is 81.3 Å². The van der Waals surface area contributed by atoms with Gasteiger partial charge >= 0.3 is 0 Å². The van der Waals surface area contributed by atoms with Crippen molar-refractivity contribution in [1.82, 2.24) is 15.2 Å². The molecule has 2 atom stereocenters. The first-order valence-corrected chi connectivity index (χ1v) is 12.6. The van der Waals surface area contributed by atoms with E-state index >= 15 is 0 Å². The highest BCUT2D eigenvalue weighted by molar-refractivity contribution is 7.09. The number of benzene rings is 2. The van der Waals surface area contributed by atoms with E-state index in [1.807, 2.05) is 60.0 Å². The van der Waals surface area contributed by atoms with Gasteiger partial charge < -0.3 is 25.3 Å². The van der Waals surface area contributed by atoms with Gasteiger partial charge in [-0.25, -0.2) is 4.98 Å². The van der Waals surface area contributed by atoms with E-state index in [1.54, 1.807) is 0 Å². The maximum atomic E-state index is 12.7. The Morgan fingerprint density at radius 3 is 2.40 bits per heavy atom. The molecule has 10 heteroatoms. The van der Waals surface area contributed by atoms with Crippen LogP contribution in [0.5, 0.6) is 0 Å². The number of aliphatic hydroxyl groups excluding tert-OH is 2. The molecule has 184 valence electrons. The number of hydrogen-bond acceptors (Lipinski definition) is 7. The van der Waals surface area contributed by atoms with Crippen molar-refractivity contribution in [2.24, 2.45) is 0 Å². The summed E-state index contributed by atoms with van der Waals surface area (Å²) >= 11 is 7.65. The van der Waals surface area contributed by atoms with Gasteiger partial charge in [0.25, 0.3) is 11.8 Å². The maximum absolute atomic E-state index is 12.7. The topological polar surface area (TPSA) is 106 Å². The van der Waals surface area contributed by atoms with Crippen molar-refractivity contribution in [3.8, 4) is 0 Å². The fourth-order valence-electron chi connectivity index (χ4n) is 3.93. The molecule has 35 heavy (non-hydrogen) atoms. The molecule has 2 heterocycles. The number of nitrogens with zero attached hydrogens (tertiary/aromatic N) is 3. The molecule has 0 aliphatic carbocycles. The average Bonchev–Trinajstić information content (AvgIpc) is 3.34. The monoisotopic (exact) mass is 514 g/mol. The molecule has 0 spiro atoms. The van der Waals surface area contributed by atoms with E-state index in [1.165, 1.54) is 16.2 Å². The summed E-state index contributed by atoms with van der Waals surface area (Å²) in [5.74, 6) is -1.49.